The highest BCUT2D eigenvalue weighted by Crippen LogP contribution is 2.28. The first-order chi connectivity index (χ1) is 17.6. The number of hydrogen-bond donors (Lipinski definition) is 1. The molecule has 0 spiro atoms. The molecule has 0 unspecified atom stereocenters. The Morgan fingerprint density at radius 3 is 2.83 bits per heavy atom. The third-order valence-electron chi connectivity index (χ3n) is 7.03. The second-order valence-corrected chi connectivity index (χ2v) is 9.46. The minimum absolute atomic E-state index is 0.128. The summed E-state index contributed by atoms with van der Waals surface area (Å²) < 4.78 is 5.69. The molecule has 0 atom stereocenters. The molecule has 1 fully saturated rings. The van der Waals surface area contributed by atoms with Gasteiger partial charge in [-0.1, -0.05) is 26.7 Å². The van der Waals surface area contributed by atoms with Crippen LogP contribution in [-0.4, -0.2) is 57.0 Å². The highest BCUT2D eigenvalue weighted by Gasteiger charge is 2.31. The zero-order chi connectivity index (χ0) is 24.8. The van der Waals surface area contributed by atoms with Crippen molar-refractivity contribution in [1.82, 2.24) is 43.9 Å². The number of nitrogens with one attached hydrogen (secondary N) is 1. The fourth-order valence-corrected chi connectivity index (χ4v) is 4.90. The van der Waals surface area contributed by atoms with Gasteiger partial charge in [-0.15, -0.1) is 10.2 Å². The summed E-state index contributed by atoms with van der Waals surface area (Å²) >= 11 is 0. The average molecular weight is 487 g/mol. The fourth-order valence-electron chi connectivity index (χ4n) is 4.90. The van der Waals surface area contributed by atoms with Crippen LogP contribution in [0.5, 0.6) is 0 Å². The maximum atomic E-state index is 13.3. The molecule has 0 aliphatic carbocycles. The van der Waals surface area contributed by atoms with E-state index in [0.29, 0.717) is 17.1 Å². The summed E-state index contributed by atoms with van der Waals surface area (Å²) in [4.78, 5) is 27.9. The van der Waals surface area contributed by atoms with Gasteiger partial charge in [0, 0.05) is 43.3 Å². The molecule has 0 amide bonds. The maximum Gasteiger partial charge on any atom is 0.284 e. The molecule has 36 heavy (non-hydrogen) atoms. The number of aryl methyl sites for hydroxylation is 3. The fraction of sp³-hybridized carbons (Fsp3) is 0.440. The molecule has 5 aromatic rings. The minimum atomic E-state index is -0.128. The van der Waals surface area contributed by atoms with Gasteiger partial charge in [-0.25, -0.2) is 14.4 Å². The Balaban J connectivity index is 1.29. The van der Waals surface area contributed by atoms with Crippen LogP contribution in [0.25, 0.3) is 28.1 Å². The molecule has 6 heterocycles. The number of rotatable bonds is 8. The number of aromatic amines is 1. The van der Waals surface area contributed by atoms with Crippen molar-refractivity contribution in [2.24, 2.45) is 0 Å². The molecule has 11 nitrogen and oxygen atoms in total. The SMILES string of the molecule is CCCCCn1c2cc(-c3cnn(C4CN(c5nccc(CC)n5)C4)c3)[nH]c2c(=O)n2c(C)nnc12. The van der Waals surface area contributed by atoms with E-state index in [1.807, 2.05) is 42.3 Å². The molecule has 11 heteroatoms. The van der Waals surface area contributed by atoms with Gasteiger partial charge < -0.3 is 14.5 Å². The molecule has 1 saturated heterocycles. The smallest absolute Gasteiger partial charge is 0.284 e. The number of fused-ring (bicyclic) bond motifs is 2. The molecule has 1 aliphatic rings. The normalized spacial score (nSPS) is 14.2. The Labute approximate surface area is 207 Å². The summed E-state index contributed by atoms with van der Waals surface area (Å²) in [7, 11) is 0. The van der Waals surface area contributed by atoms with E-state index < -0.39 is 0 Å². The molecular formula is C25H30N10O. The molecule has 1 N–H and O–H groups in total. The van der Waals surface area contributed by atoms with Gasteiger partial charge in [0.25, 0.3) is 5.56 Å². The molecule has 1 aliphatic heterocycles. The van der Waals surface area contributed by atoms with Crippen LogP contribution in [0.4, 0.5) is 5.95 Å². The first-order valence-electron chi connectivity index (χ1n) is 12.7. The van der Waals surface area contributed by atoms with Gasteiger partial charge >= 0.3 is 0 Å². The number of anilines is 1. The number of nitrogens with zero attached hydrogens (tertiary/aromatic N) is 9. The average Bonchev–Trinajstić information content (AvgIpc) is 3.59. The number of unbranched alkanes of at least 4 members (excludes halogenated alkanes) is 2. The van der Waals surface area contributed by atoms with Crippen LogP contribution in [-0.2, 0) is 13.0 Å². The molecular weight excluding hydrogens is 456 g/mol. The quantitative estimate of drug-likeness (QED) is 0.335. The van der Waals surface area contributed by atoms with Crippen molar-refractivity contribution in [2.45, 2.75) is 59.0 Å². The Hall–Kier alpha value is -4.02. The predicted molar refractivity (Wildman–Crippen MR) is 137 cm³/mol. The summed E-state index contributed by atoms with van der Waals surface area (Å²) in [5.41, 5.74) is 4.14. The Bertz CT molecular complexity index is 1600. The summed E-state index contributed by atoms with van der Waals surface area (Å²) in [6.07, 6.45) is 9.86. The van der Waals surface area contributed by atoms with Gasteiger partial charge in [-0.3, -0.25) is 9.48 Å². The predicted octanol–water partition coefficient (Wildman–Crippen LogP) is 3.15. The lowest BCUT2D eigenvalue weighted by molar-refractivity contribution is 0.363. The Morgan fingerprint density at radius 1 is 1.17 bits per heavy atom. The van der Waals surface area contributed by atoms with E-state index in [-0.39, 0.29) is 11.6 Å². The molecule has 0 bridgehead atoms. The van der Waals surface area contributed by atoms with Crippen molar-refractivity contribution >= 4 is 22.8 Å². The second kappa shape index (κ2) is 8.89. The minimum Gasteiger partial charge on any atom is -0.349 e. The second-order valence-electron chi connectivity index (χ2n) is 9.46. The lowest BCUT2D eigenvalue weighted by atomic mass is 10.1. The van der Waals surface area contributed by atoms with Gasteiger partial charge in [0.2, 0.25) is 11.7 Å². The van der Waals surface area contributed by atoms with Crippen molar-refractivity contribution < 1.29 is 0 Å². The van der Waals surface area contributed by atoms with E-state index in [2.05, 4.69) is 53.6 Å². The first-order valence-corrected chi connectivity index (χ1v) is 12.7. The van der Waals surface area contributed by atoms with Crippen LogP contribution in [0.1, 0.15) is 50.7 Å². The molecule has 0 saturated carbocycles. The number of hydrogen-bond acceptors (Lipinski definition) is 7. The highest BCUT2D eigenvalue weighted by atomic mass is 16.1. The van der Waals surface area contributed by atoms with Crippen molar-refractivity contribution in [1.29, 1.82) is 0 Å². The summed E-state index contributed by atoms with van der Waals surface area (Å²) in [6.45, 7) is 8.49. The summed E-state index contributed by atoms with van der Waals surface area (Å²) in [5.74, 6) is 1.96. The maximum absolute atomic E-state index is 13.3. The van der Waals surface area contributed by atoms with E-state index in [4.69, 9.17) is 0 Å². The van der Waals surface area contributed by atoms with Crippen molar-refractivity contribution in [3.8, 4) is 11.3 Å². The third kappa shape index (κ3) is 3.66. The van der Waals surface area contributed by atoms with Crippen LogP contribution in [0, 0.1) is 6.92 Å². The zero-order valence-electron chi connectivity index (χ0n) is 20.8. The van der Waals surface area contributed by atoms with Gasteiger partial charge in [0.1, 0.15) is 11.3 Å². The lowest BCUT2D eigenvalue weighted by Gasteiger charge is -2.39. The Kier molecular flexibility index (Phi) is 5.54. The van der Waals surface area contributed by atoms with E-state index in [1.54, 1.807) is 4.40 Å². The number of aromatic nitrogens is 9. The first kappa shape index (κ1) is 22.4. The van der Waals surface area contributed by atoms with E-state index in [1.165, 1.54) is 0 Å². The van der Waals surface area contributed by atoms with Gasteiger partial charge in [0.05, 0.1) is 23.4 Å². The van der Waals surface area contributed by atoms with E-state index in [0.717, 1.165) is 73.7 Å². The molecule has 5 aromatic heterocycles. The third-order valence-corrected chi connectivity index (χ3v) is 7.03. The molecule has 6 rings (SSSR count). The number of H-pyrrole nitrogens is 1. The highest BCUT2D eigenvalue weighted by molar-refractivity contribution is 5.83. The monoisotopic (exact) mass is 486 g/mol. The van der Waals surface area contributed by atoms with Crippen LogP contribution in [0.3, 0.4) is 0 Å². The Morgan fingerprint density at radius 2 is 2.03 bits per heavy atom. The topological polar surface area (TPSA) is 115 Å². The molecule has 186 valence electrons. The van der Waals surface area contributed by atoms with E-state index >= 15 is 0 Å². The van der Waals surface area contributed by atoms with Gasteiger partial charge in [-0.2, -0.15) is 5.10 Å². The van der Waals surface area contributed by atoms with Crippen molar-refractivity contribution in [3.63, 3.8) is 0 Å². The lowest BCUT2D eigenvalue weighted by Crippen LogP contribution is -2.48. The largest absolute Gasteiger partial charge is 0.349 e. The molecule has 0 aromatic carbocycles. The van der Waals surface area contributed by atoms with Crippen LogP contribution < -0.4 is 10.5 Å². The standard InChI is InChI=1S/C25H30N10O/c1-4-6-7-10-33-21-11-20(29-22(21)23(36)35-16(3)30-31-25(33)35)17-12-27-34(13-17)19-14-32(15-19)24-26-9-8-18(5-2)28-24/h8-9,11-13,19,29H,4-7,10,14-15H2,1-3H3. The van der Waals surface area contributed by atoms with Crippen LogP contribution >= 0.6 is 0 Å². The van der Waals surface area contributed by atoms with Gasteiger partial charge in [0.15, 0.2) is 0 Å². The van der Waals surface area contributed by atoms with Crippen LogP contribution in [0.15, 0.2) is 35.5 Å². The van der Waals surface area contributed by atoms with Crippen molar-refractivity contribution in [2.75, 3.05) is 18.0 Å². The zero-order valence-corrected chi connectivity index (χ0v) is 20.8. The van der Waals surface area contributed by atoms with Crippen LogP contribution in [0.2, 0.25) is 0 Å². The summed E-state index contributed by atoms with van der Waals surface area (Å²) in [6, 6.07) is 4.24. The summed E-state index contributed by atoms with van der Waals surface area (Å²) in [5, 5.41) is 13.1. The molecule has 0 radical (unpaired) electrons. The van der Waals surface area contributed by atoms with Crippen molar-refractivity contribution in [3.05, 3.63) is 52.6 Å². The van der Waals surface area contributed by atoms with Gasteiger partial charge in [-0.05, 0) is 31.9 Å². The van der Waals surface area contributed by atoms with E-state index in [9.17, 15) is 4.79 Å².